The van der Waals surface area contributed by atoms with Gasteiger partial charge in [-0.3, -0.25) is 14.7 Å². The first-order valence-corrected chi connectivity index (χ1v) is 10.3. The normalized spacial score (nSPS) is 17.8. The number of ether oxygens (including phenoxy) is 1. The quantitative estimate of drug-likeness (QED) is 0.344. The average molecular weight is 533 g/mol. The Bertz CT molecular complexity index is 719. The lowest BCUT2D eigenvalue weighted by molar-refractivity contribution is -0.131. The van der Waals surface area contributed by atoms with Crippen LogP contribution in [0.5, 0.6) is 0 Å². The fraction of sp³-hybridized carbons (Fsp3) is 0.619. The molecule has 0 aliphatic carbocycles. The van der Waals surface area contributed by atoms with Crippen molar-refractivity contribution in [1.29, 1.82) is 0 Å². The number of carbonyl (C=O) groups is 1. The molecule has 9 heteroatoms. The van der Waals surface area contributed by atoms with Gasteiger partial charge in [-0.05, 0) is 30.5 Å². The predicted octanol–water partition coefficient (Wildman–Crippen LogP) is 1.91. The van der Waals surface area contributed by atoms with Crippen LogP contribution in [0.2, 0.25) is 0 Å². The van der Waals surface area contributed by atoms with Crippen molar-refractivity contribution in [3.05, 3.63) is 35.1 Å². The summed E-state index contributed by atoms with van der Waals surface area (Å²) in [4.78, 5) is 23.1. The molecule has 2 fully saturated rings. The zero-order chi connectivity index (χ0) is 20.6. The molecule has 3 rings (SSSR count). The lowest BCUT2D eigenvalue weighted by atomic mass is 10.1. The van der Waals surface area contributed by atoms with Crippen LogP contribution in [0.1, 0.15) is 24.0 Å². The molecule has 0 bridgehead atoms. The van der Waals surface area contributed by atoms with Crippen molar-refractivity contribution in [2.75, 3.05) is 60.0 Å². The van der Waals surface area contributed by atoms with Crippen LogP contribution >= 0.6 is 24.0 Å². The Morgan fingerprint density at radius 2 is 1.83 bits per heavy atom. The molecular weight excluding hydrogens is 500 g/mol. The fourth-order valence-electron chi connectivity index (χ4n) is 3.89. The molecule has 168 valence electrons. The Kier molecular flexibility index (Phi) is 10.3. The van der Waals surface area contributed by atoms with E-state index in [0.717, 1.165) is 63.6 Å². The number of rotatable bonds is 6. The molecule has 0 spiro atoms. The van der Waals surface area contributed by atoms with Gasteiger partial charge in [0.15, 0.2) is 5.96 Å². The lowest BCUT2D eigenvalue weighted by Gasteiger charge is -2.36. The van der Waals surface area contributed by atoms with E-state index in [9.17, 15) is 9.18 Å². The smallest absolute Gasteiger partial charge is 0.236 e. The van der Waals surface area contributed by atoms with E-state index < -0.39 is 0 Å². The topological polar surface area (TPSA) is 60.4 Å². The number of nitrogens with zero attached hydrogens (tertiary/aromatic N) is 4. The molecule has 0 saturated carbocycles. The summed E-state index contributed by atoms with van der Waals surface area (Å²) in [6.45, 7) is 6.48. The van der Waals surface area contributed by atoms with Crippen molar-refractivity contribution in [3.63, 3.8) is 0 Å². The first-order chi connectivity index (χ1) is 14.1. The number of likely N-dealkylation sites (tertiary alicyclic amines) is 1. The van der Waals surface area contributed by atoms with Crippen LogP contribution < -0.4 is 5.32 Å². The molecule has 2 saturated heterocycles. The van der Waals surface area contributed by atoms with Gasteiger partial charge in [0.1, 0.15) is 5.82 Å². The second-order valence-corrected chi connectivity index (χ2v) is 7.61. The van der Waals surface area contributed by atoms with E-state index >= 15 is 0 Å². The van der Waals surface area contributed by atoms with Crippen molar-refractivity contribution in [1.82, 2.24) is 20.0 Å². The molecule has 1 N–H and O–H groups in total. The van der Waals surface area contributed by atoms with Crippen molar-refractivity contribution >= 4 is 35.8 Å². The number of halogens is 2. The third kappa shape index (κ3) is 6.78. The minimum atomic E-state index is -0.250. The molecule has 1 amide bonds. The zero-order valence-electron chi connectivity index (χ0n) is 17.9. The van der Waals surface area contributed by atoms with Crippen LogP contribution in [-0.4, -0.2) is 86.5 Å². The molecule has 2 aliphatic heterocycles. The van der Waals surface area contributed by atoms with Gasteiger partial charge in [-0.1, -0.05) is 6.07 Å². The monoisotopic (exact) mass is 533 g/mol. The molecule has 0 aromatic heterocycles. The Labute approximate surface area is 195 Å². The highest BCUT2D eigenvalue weighted by molar-refractivity contribution is 14.0. The zero-order valence-corrected chi connectivity index (χ0v) is 20.2. The Morgan fingerprint density at radius 1 is 1.13 bits per heavy atom. The molecule has 0 radical (unpaired) electrons. The highest BCUT2D eigenvalue weighted by Gasteiger charge is 2.24. The maximum Gasteiger partial charge on any atom is 0.236 e. The summed E-state index contributed by atoms with van der Waals surface area (Å²) in [5.41, 5.74) is 1.53. The highest BCUT2D eigenvalue weighted by Crippen LogP contribution is 2.12. The molecule has 30 heavy (non-hydrogen) atoms. The number of aliphatic imine (C=N–C) groups is 1. The largest absolute Gasteiger partial charge is 0.380 e. The number of guanidine groups is 1. The number of amides is 1. The first-order valence-electron chi connectivity index (χ1n) is 10.3. The molecule has 0 unspecified atom stereocenters. The number of carbonyl (C=O) groups excluding carboxylic acids is 1. The van der Waals surface area contributed by atoms with E-state index in [4.69, 9.17) is 4.74 Å². The van der Waals surface area contributed by atoms with Crippen LogP contribution in [0, 0.1) is 5.82 Å². The molecular formula is C21H33FIN5O2. The number of hydrogen-bond donors (Lipinski definition) is 1. The van der Waals surface area contributed by atoms with Gasteiger partial charge < -0.3 is 19.9 Å². The molecule has 1 aromatic rings. The van der Waals surface area contributed by atoms with Gasteiger partial charge in [0.2, 0.25) is 5.91 Å². The van der Waals surface area contributed by atoms with Crippen LogP contribution in [-0.2, 0) is 22.7 Å². The van der Waals surface area contributed by atoms with Crippen LogP contribution in [0.15, 0.2) is 23.2 Å². The van der Waals surface area contributed by atoms with Crippen LogP contribution in [0.3, 0.4) is 0 Å². The molecule has 2 heterocycles. The van der Waals surface area contributed by atoms with E-state index in [1.54, 1.807) is 20.2 Å². The van der Waals surface area contributed by atoms with Gasteiger partial charge in [-0.2, -0.15) is 0 Å². The number of benzene rings is 1. The second-order valence-electron chi connectivity index (χ2n) is 7.61. The third-order valence-electron chi connectivity index (χ3n) is 5.56. The van der Waals surface area contributed by atoms with Crippen LogP contribution in [0.4, 0.5) is 4.39 Å². The predicted molar refractivity (Wildman–Crippen MR) is 127 cm³/mol. The van der Waals surface area contributed by atoms with Crippen molar-refractivity contribution < 1.29 is 13.9 Å². The fourth-order valence-corrected chi connectivity index (χ4v) is 3.89. The van der Waals surface area contributed by atoms with E-state index in [-0.39, 0.29) is 42.3 Å². The number of methoxy groups -OCH3 is 1. The summed E-state index contributed by atoms with van der Waals surface area (Å²) in [6, 6.07) is 5.07. The standard InChI is InChI=1S/C21H32FN5O2.HI/c1-23-21(24-14-17-5-6-19(22)18(13-17)16-29-2)27-11-9-25(10-12-27)15-20(28)26-7-3-4-8-26;/h5-6,13H,3-4,7-12,14-16H2,1-2H3,(H,23,24);1H. The molecule has 7 nitrogen and oxygen atoms in total. The maximum atomic E-state index is 13.8. The Balaban J connectivity index is 0.00000320. The van der Waals surface area contributed by atoms with Gasteiger partial charge in [0, 0.05) is 65.5 Å². The first kappa shape index (κ1) is 24.8. The maximum absolute atomic E-state index is 13.8. The molecule has 2 aliphatic rings. The Morgan fingerprint density at radius 3 is 2.47 bits per heavy atom. The summed E-state index contributed by atoms with van der Waals surface area (Å²) in [7, 11) is 3.33. The van der Waals surface area contributed by atoms with E-state index in [1.807, 2.05) is 11.0 Å². The summed E-state index contributed by atoms with van der Waals surface area (Å²) < 4.78 is 18.8. The van der Waals surface area contributed by atoms with Crippen molar-refractivity contribution in [2.45, 2.75) is 26.0 Å². The third-order valence-corrected chi connectivity index (χ3v) is 5.56. The van der Waals surface area contributed by atoms with Crippen LogP contribution in [0.25, 0.3) is 0 Å². The number of piperazine rings is 1. The second kappa shape index (κ2) is 12.4. The highest BCUT2D eigenvalue weighted by atomic mass is 127. The Hall–Kier alpha value is -1.46. The lowest BCUT2D eigenvalue weighted by Crippen LogP contribution is -2.54. The molecule has 1 aromatic carbocycles. The summed E-state index contributed by atoms with van der Waals surface area (Å²) in [5.74, 6) is 0.828. The minimum Gasteiger partial charge on any atom is -0.380 e. The number of nitrogens with one attached hydrogen (secondary N) is 1. The van der Waals surface area contributed by atoms with Gasteiger partial charge in [0.05, 0.1) is 13.2 Å². The van der Waals surface area contributed by atoms with Gasteiger partial charge in [0.25, 0.3) is 0 Å². The van der Waals surface area contributed by atoms with Gasteiger partial charge >= 0.3 is 0 Å². The van der Waals surface area contributed by atoms with E-state index in [0.29, 0.717) is 18.7 Å². The van der Waals surface area contributed by atoms with Gasteiger partial charge in [-0.15, -0.1) is 24.0 Å². The van der Waals surface area contributed by atoms with E-state index in [1.165, 1.54) is 6.07 Å². The number of hydrogen-bond acceptors (Lipinski definition) is 4. The van der Waals surface area contributed by atoms with Gasteiger partial charge in [-0.25, -0.2) is 4.39 Å². The summed E-state index contributed by atoms with van der Waals surface area (Å²) in [6.07, 6.45) is 2.26. The SMILES string of the molecule is CN=C(NCc1ccc(F)c(COC)c1)N1CCN(CC(=O)N2CCCC2)CC1.I. The minimum absolute atomic E-state index is 0. The van der Waals surface area contributed by atoms with Crippen molar-refractivity contribution in [2.24, 2.45) is 4.99 Å². The van der Waals surface area contributed by atoms with Crippen molar-refractivity contribution in [3.8, 4) is 0 Å². The summed E-state index contributed by atoms with van der Waals surface area (Å²) >= 11 is 0. The average Bonchev–Trinajstić information content (AvgIpc) is 3.27. The van der Waals surface area contributed by atoms with E-state index in [2.05, 4.69) is 20.1 Å². The molecule has 0 atom stereocenters. The summed E-state index contributed by atoms with van der Waals surface area (Å²) in [5, 5.41) is 3.36.